The molecule has 1 saturated carbocycles. The molecule has 1 N–H and O–H groups in total. The van der Waals surface area contributed by atoms with E-state index in [1.54, 1.807) is 0 Å². The first-order valence-corrected chi connectivity index (χ1v) is 6.60. The van der Waals surface area contributed by atoms with E-state index in [0.29, 0.717) is 6.54 Å². The van der Waals surface area contributed by atoms with E-state index >= 15 is 0 Å². The molecule has 18 heavy (non-hydrogen) atoms. The summed E-state index contributed by atoms with van der Waals surface area (Å²) in [6.45, 7) is 4.95. The summed E-state index contributed by atoms with van der Waals surface area (Å²) in [5, 5.41) is 9.12. The van der Waals surface area contributed by atoms with Gasteiger partial charge in [-0.3, -0.25) is 4.90 Å². The number of carbonyl (C=O) groups is 1. The average molecular weight is 248 g/mol. The highest BCUT2D eigenvalue weighted by Crippen LogP contribution is 2.30. The van der Waals surface area contributed by atoms with E-state index in [1.165, 1.54) is 19.0 Å². The van der Waals surface area contributed by atoms with Crippen molar-refractivity contribution in [3.63, 3.8) is 0 Å². The summed E-state index contributed by atoms with van der Waals surface area (Å²) in [5.41, 5.74) is 1.01. The first-order chi connectivity index (χ1) is 8.70. The second-order valence-electron chi connectivity index (χ2n) is 4.99. The largest absolute Gasteiger partial charge is 0.477 e. The zero-order valence-corrected chi connectivity index (χ0v) is 10.8. The summed E-state index contributed by atoms with van der Waals surface area (Å²) in [5.74, 6) is -0.116. The molecule has 4 heteroatoms. The van der Waals surface area contributed by atoms with Crippen LogP contribution < -0.4 is 0 Å². The zero-order valence-electron chi connectivity index (χ0n) is 10.8. The van der Waals surface area contributed by atoms with Gasteiger partial charge in [0.2, 0.25) is 0 Å². The van der Waals surface area contributed by atoms with Crippen LogP contribution in [0.1, 0.15) is 42.2 Å². The van der Waals surface area contributed by atoms with Crippen LogP contribution in [0, 0.1) is 5.92 Å². The molecule has 98 valence electrons. The Kier molecular flexibility index (Phi) is 4.31. The van der Waals surface area contributed by atoms with Crippen LogP contribution >= 0.6 is 0 Å². The highest BCUT2D eigenvalue weighted by Gasteiger charge is 2.24. The molecular formula is C14H20N2O2. The summed E-state index contributed by atoms with van der Waals surface area (Å²) >= 11 is 0. The molecule has 0 aromatic carbocycles. The van der Waals surface area contributed by atoms with E-state index in [0.717, 1.165) is 31.0 Å². The minimum atomic E-state index is -0.937. The van der Waals surface area contributed by atoms with Gasteiger partial charge in [0.1, 0.15) is 0 Å². The Labute approximate surface area is 108 Å². The Morgan fingerprint density at radius 1 is 1.56 bits per heavy atom. The zero-order chi connectivity index (χ0) is 13.0. The Bertz CT molecular complexity index is 416. The van der Waals surface area contributed by atoms with Gasteiger partial charge in [0.15, 0.2) is 5.69 Å². The molecule has 0 bridgehead atoms. The summed E-state index contributed by atoms with van der Waals surface area (Å²) in [7, 11) is 0. The molecule has 1 aromatic rings. The summed E-state index contributed by atoms with van der Waals surface area (Å²) in [4.78, 5) is 17.4. The molecule has 1 aromatic heterocycles. The Morgan fingerprint density at radius 3 is 2.94 bits per heavy atom. The van der Waals surface area contributed by atoms with Gasteiger partial charge in [0.25, 0.3) is 0 Å². The first kappa shape index (κ1) is 13.0. The predicted octanol–water partition coefficient (Wildman–Crippen LogP) is 2.40. The number of carboxylic acids is 1. The smallest absolute Gasteiger partial charge is 0.354 e. The molecule has 1 heterocycles. The Morgan fingerprint density at radius 2 is 2.33 bits per heavy atom. The van der Waals surface area contributed by atoms with E-state index in [-0.39, 0.29) is 5.69 Å². The quantitative estimate of drug-likeness (QED) is 0.805. The van der Waals surface area contributed by atoms with Gasteiger partial charge in [-0.15, -0.1) is 0 Å². The second kappa shape index (κ2) is 5.96. The van der Waals surface area contributed by atoms with Crippen LogP contribution in [-0.4, -0.2) is 34.0 Å². The van der Waals surface area contributed by atoms with Crippen LogP contribution in [-0.2, 0) is 6.54 Å². The third-order valence-corrected chi connectivity index (χ3v) is 3.24. The van der Waals surface area contributed by atoms with E-state index in [9.17, 15) is 4.79 Å². The van der Waals surface area contributed by atoms with Gasteiger partial charge in [0, 0.05) is 19.3 Å². The summed E-state index contributed by atoms with van der Waals surface area (Å²) in [6.07, 6.45) is 5.27. The number of hydrogen-bond acceptors (Lipinski definition) is 3. The van der Waals surface area contributed by atoms with Gasteiger partial charge in [-0.25, -0.2) is 9.78 Å². The Balaban J connectivity index is 2.06. The SMILES string of the molecule is CCCN(Cc1cccnc1C(=O)O)CC1CC1. The van der Waals surface area contributed by atoms with Crippen molar-refractivity contribution in [1.82, 2.24) is 9.88 Å². The summed E-state index contributed by atoms with van der Waals surface area (Å²) < 4.78 is 0. The molecule has 1 aliphatic rings. The lowest BCUT2D eigenvalue weighted by molar-refractivity contribution is 0.0687. The molecular weight excluding hydrogens is 228 g/mol. The molecule has 1 fully saturated rings. The van der Waals surface area contributed by atoms with Crippen LogP contribution in [0.5, 0.6) is 0 Å². The van der Waals surface area contributed by atoms with E-state index in [1.807, 2.05) is 12.1 Å². The minimum absolute atomic E-state index is 0.189. The fourth-order valence-corrected chi connectivity index (χ4v) is 2.22. The lowest BCUT2D eigenvalue weighted by Crippen LogP contribution is -2.27. The second-order valence-corrected chi connectivity index (χ2v) is 4.99. The maximum absolute atomic E-state index is 11.1. The molecule has 0 saturated heterocycles. The van der Waals surface area contributed by atoms with Crippen molar-refractivity contribution in [2.45, 2.75) is 32.7 Å². The minimum Gasteiger partial charge on any atom is -0.477 e. The van der Waals surface area contributed by atoms with Crippen LogP contribution in [0.25, 0.3) is 0 Å². The highest BCUT2D eigenvalue weighted by molar-refractivity contribution is 5.86. The van der Waals surface area contributed by atoms with Crippen LogP contribution in [0.3, 0.4) is 0 Å². The fourth-order valence-electron chi connectivity index (χ4n) is 2.22. The molecule has 0 amide bonds. The highest BCUT2D eigenvalue weighted by atomic mass is 16.4. The molecule has 0 radical (unpaired) electrons. The lowest BCUT2D eigenvalue weighted by atomic mass is 10.1. The number of hydrogen-bond donors (Lipinski definition) is 1. The van der Waals surface area contributed by atoms with Gasteiger partial charge in [0.05, 0.1) is 0 Å². The fraction of sp³-hybridized carbons (Fsp3) is 0.571. The van der Waals surface area contributed by atoms with Crippen molar-refractivity contribution in [1.29, 1.82) is 0 Å². The topological polar surface area (TPSA) is 53.4 Å². The third kappa shape index (κ3) is 3.53. The van der Waals surface area contributed by atoms with Gasteiger partial charge in [-0.2, -0.15) is 0 Å². The maximum Gasteiger partial charge on any atom is 0.354 e. The third-order valence-electron chi connectivity index (χ3n) is 3.24. The number of aromatic nitrogens is 1. The molecule has 0 unspecified atom stereocenters. The van der Waals surface area contributed by atoms with Crippen molar-refractivity contribution in [3.05, 3.63) is 29.6 Å². The predicted molar refractivity (Wildman–Crippen MR) is 69.5 cm³/mol. The number of aromatic carboxylic acids is 1. The van der Waals surface area contributed by atoms with Crippen LogP contribution in [0.4, 0.5) is 0 Å². The Hall–Kier alpha value is -1.42. The lowest BCUT2D eigenvalue weighted by Gasteiger charge is -2.22. The van der Waals surface area contributed by atoms with Crippen molar-refractivity contribution >= 4 is 5.97 Å². The van der Waals surface area contributed by atoms with Crippen LogP contribution in [0.2, 0.25) is 0 Å². The van der Waals surface area contributed by atoms with E-state index in [4.69, 9.17) is 5.11 Å². The van der Waals surface area contributed by atoms with E-state index in [2.05, 4.69) is 16.8 Å². The van der Waals surface area contributed by atoms with Crippen molar-refractivity contribution in [3.8, 4) is 0 Å². The molecule has 0 atom stereocenters. The average Bonchev–Trinajstić information content (AvgIpc) is 3.13. The number of pyridine rings is 1. The number of carboxylic acid groups (broad SMARTS) is 1. The van der Waals surface area contributed by atoms with Gasteiger partial charge in [-0.1, -0.05) is 13.0 Å². The molecule has 0 aliphatic heterocycles. The van der Waals surface area contributed by atoms with Gasteiger partial charge >= 0.3 is 5.97 Å². The number of rotatable bonds is 7. The van der Waals surface area contributed by atoms with Gasteiger partial charge in [-0.05, 0) is 43.4 Å². The van der Waals surface area contributed by atoms with Crippen molar-refractivity contribution in [2.75, 3.05) is 13.1 Å². The molecule has 2 rings (SSSR count). The standard InChI is InChI=1S/C14H20N2O2/c1-2-8-16(9-11-5-6-11)10-12-4-3-7-15-13(12)14(17)18/h3-4,7,11H,2,5-6,8-10H2,1H3,(H,17,18). The molecule has 0 spiro atoms. The van der Waals surface area contributed by atoms with Crippen LogP contribution in [0.15, 0.2) is 18.3 Å². The molecule has 4 nitrogen and oxygen atoms in total. The molecule has 1 aliphatic carbocycles. The number of nitrogens with zero attached hydrogens (tertiary/aromatic N) is 2. The van der Waals surface area contributed by atoms with Gasteiger partial charge < -0.3 is 5.11 Å². The van der Waals surface area contributed by atoms with E-state index < -0.39 is 5.97 Å². The van der Waals surface area contributed by atoms with Crippen molar-refractivity contribution < 1.29 is 9.90 Å². The first-order valence-electron chi connectivity index (χ1n) is 6.60. The normalized spacial score (nSPS) is 15.0. The van der Waals surface area contributed by atoms with Crippen molar-refractivity contribution in [2.24, 2.45) is 5.92 Å². The monoisotopic (exact) mass is 248 g/mol. The summed E-state index contributed by atoms with van der Waals surface area (Å²) in [6, 6.07) is 3.68. The maximum atomic E-state index is 11.1.